The van der Waals surface area contributed by atoms with Gasteiger partial charge in [-0.2, -0.15) is 0 Å². The lowest BCUT2D eigenvalue weighted by atomic mass is 10.1. The summed E-state index contributed by atoms with van der Waals surface area (Å²) in [5.41, 5.74) is 3.29. The molecular weight excluding hydrogens is 460 g/mol. The number of hydrogen-bond acceptors (Lipinski definition) is 6. The highest BCUT2D eigenvalue weighted by Gasteiger charge is 2.17. The molecular formula is C28H26N2O4S. The maximum absolute atomic E-state index is 12.6. The van der Waals surface area contributed by atoms with Crippen molar-refractivity contribution in [3.63, 3.8) is 0 Å². The van der Waals surface area contributed by atoms with E-state index in [-0.39, 0.29) is 24.5 Å². The molecule has 4 rings (SSSR count). The van der Waals surface area contributed by atoms with Crippen LogP contribution in [0.1, 0.15) is 30.1 Å². The first-order chi connectivity index (χ1) is 17.1. The number of carbonyl (C=O) groups excluding carboxylic acids is 2. The second-order valence-electron chi connectivity index (χ2n) is 7.72. The van der Waals surface area contributed by atoms with E-state index in [0.29, 0.717) is 23.1 Å². The number of rotatable bonds is 10. The zero-order valence-electron chi connectivity index (χ0n) is 19.6. The van der Waals surface area contributed by atoms with Gasteiger partial charge in [0.05, 0.1) is 24.3 Å². The fourth-order valence-corrected chi connectivity index (χ4v) is 4.57. The van der Waals surface area contributed by atoms with E-state index < -0.39 is 0 Å². The number of amides is 1. The summed E-state index contributed by atoms with van der Waals surface area (Å²) < 4.78 is 10.7. The predicted molar refractivity (Wildman–Crippen MR) is 139 cm³/mol. The Morgan fingerprint density at radius 2 is 1.54 bits per heavy atom. The van der Waals surface area contributed by atoms with Crippen molar-refractivity contribution >= 4 is 28.2 Å². The molecule has 1 amide bonds. The summed E-state index contributed by atoms with van der Waals surface area (Å²) in [5.74, 6) is 1.14. The maximum atomic E-state index is 12.6. The first-order valence-electron chi connectivity index (χ1n) is 11.3. The Morgan fingerprint density at radius 1 is 0.857 bits per heavy atom. The first kappa shape index (κ1) is 24.2. The third kappa shape index (κ3) is 6.13. The monoisotopic (exact) mass is 486 g/mol. The first-order valence-corrected chi connectivity index (χ1v) is 12.2. The number of anilines is 1. The molecule has 6 nitrogen and oxygen atoms in total. The van der Waals surface area contributed by atoms with Crippen molar-refractivity contribution in [3.05, 3.63) is 84.4 Å². The molecule has 0 fully saturated rings. The molecule has 4 aromatic rings. The summed E-state index contributed by atoms with van der Waals surface area (Å²) in [5, 5.41) is 3.36. The van der Waals surface area contributed by atoms with E-state index in [1.54, 1.807) is 31.4 Å². The number of ether oxygens (including phenoxy) is 2. The lowest BCUT2D eigenvalue weighted by molar-refractivity contribution is -0.116. The fourth-order valence-electron chi connectivity index (χ4n) is 3.56. The standard InChI is InChI=1S/C28H26N2O4S/c1-3-34-23-15-9-19(10-16-23)24(31)17-18-25(32)29-28-30-26(20-7-5-4-6-8-20)27(35-28)21-11-13-22(33-2)14-12-21/h4-16H,3,17-18H2,1-2H3,(H,29,30,32). The van der Waals surface area contributed by atoms with Crippen LogP contribution < -0.4 is 14.8 Å². The van der Waals surface area contributed by atoms with Crippen LogP contribution in [0.3, 0.4) is 0 Å². The molecule has 0 saturated heterocycles. The van der Waals surface area contributed by atoms with Gasteiger partial charge in [0.1, 0.15) is 11.5 Å². The number of hydrogen-bond donors (Lipinski definition) is 1. The van der Waals surface area contributed by atoms with Crippen LogP contribution in [0.25, 0.3) is 21.7 Å². The summed E-state index contributed by atoms with van der Waals surface area (Å²) in [6.07, 6.45) is 0.187. The van der Waals surface area contributed by atoms with E-state index >= 15 is 0 Å². The van der Waals surface area contributed by atoms with Gasteiger partial charge >= 0.3 is 0 Å². The molecule has 0 radical (unpaired) electrons. The van der Waals surface area contributed by atoms with Crippen LogP contribution >= 0.6 is 11.3 Å². The molecule has 3 aromatic carbocycles. The van der Waals surface area contributed by atoms with Crippen molar-refractivity contribution in [1.29, 1.82) is 0 Å². The molecule has 0 aliphatic rings. The van der Waals surface area contributed by atoms with Crippen LogP contribution in [0.15, 0.2) is 78.9 Å². The average Bonchev–Trinajstić information content (AvgIpc) is 3.32. The zero-order chi connectivity index (χ0) is 24.6. The summed E-state index contributed by atoms with van der Waals surface area (Å²) >= 11 is 1.40. The highest BCUT2D eigenvalue weighted by atomic mass is 32.1. The van der Waals surface area contributed by atoms with Crippen molar-refractivity contribution in [2.75, 3.05) is 19.0 Å². The van der Waals surface area contributed by atoms with Gasteiger partial charge in [0.25, 0.3) is 0 Å². The van der Waals surface area contributed by atoms with Gasteiger partial charge in [-0.15, -0.1) is 0 Å². The topological polar surface area (TPSA) is 77.5 Å². The Hall–Kier alpha value is -3.97. The lowest BCUT2D eigenvalue weighted by Gasteiger charge is -2.05. The van der Waals surface area contributed by atoms with Crippen molar-refractivity contribution in [2.45, 2.75) is 19.8 Å². The van der Waals surface area contributed by atoms with E-state index in [1.807, 2.05) is 61.5 Å². The van der Waals surface area contributed by atoms with Crippen molar-refractivity contribution in [2.24, 2.45) is 0 Å². The van der Waals surface area contributed by atoms with Crippen LogP contribution in [-0.4, -0.2) is 30.4 Å². The average molecular weight is 487 g/mol. The van der Waals surface area contributed by atoms with Crippen molar-refractivity contribution in [1.82, 2.24) is 4.98 Å². The van der Waals surface area contributed by atoms with Gasteiger partial charge in [0, 0.05) is 24.0 Å². The van der Waals surface area contributed by atoms with Crippen LogP contribution in [-0.2, 0) is 4.79 Å². The second kappa shape index (κ2) is 11.4. The van der Waals surface area contributed by atoms with Gasteiger partial charge in [-0.25, -0.2) is 4.98 Å². The number of aromatic nitrogens is 1. The third-order valence-corrected chi connectivity index (χ3v) is 6.36. The molecule has 178 valence electrons. The number of benzene rings is 3. The van der Waals surface area contributed by atoms with Crippen molar-refractivity contribution < 1.29 is 19.1 Å². The highest BCUT2D eigenvalue weighted by molar-refractivity contribution is 7.19. The normalized spacial score (nSPS) is 10.6. The van der Waals surface area contributed by atoms with E-state index in [0.717, 1.165) is 27.4 Å². The minimum atomic E-state index is -0.251. The SMILES string of the molecule is CCOc1ccc(C(=O)CCC(=O)Nc2nc(-c3ccccc3)c(-c3ccc(OC)cc3)s2)cc1. The minimum Gasteiger partial charge on any atom is -0.497 e. The fraction of sp³-hybridized carbons (Fsp3) is 0.179. The number of carbonyl (C=O) groups is 2. The van der Waals surface area contributed by atoms with Gasteiger partial charge in [-0.05, 0) is 61.0 Å². The molecule has 1 N–H and O–H groups in total. The number of nitrogens with zero attached hydrogens (tertiary/aromatic N) is 1. The molecule has 0 aliphatic heterocycles. The number of nitrogens with one attached hydrogen (secondary N) is 1. The summed E-state index contributed by atoms with van der Waals surface area (Å²) in [7, 11) is 1.63. The highest BCUT2D eigenvalue weighted by Crippen LogP contribution is 2.39. The maximum Gasteiger partial charge on any atom is 0.226 e. The minimum absolute atomic E-state index is 0.0736. The Morgan fingerprint density at radius 3 is 2.20 bits per heavy atom. The largest absolute Gasteiger partial charge is 0.497 e. The molecule has 0 saturated carbocycles. The number of thiazole rings is 1. The van der Waals surface area contributed by atoms with E-state index in [4.69, 9.17) is 14.5 Å². The Kier molecular flexibility index (Phi) is 7.90. The Balaban J connectivity index is 1.47. The second-order valence-corrected chi connectivity index (χ2v) is 8.72. The summed E-state index contributed by atoms with van der Waals surface area (Å²) in [6, 6.07) is 24.5. The number of methoxy groups -OCH3 is 1. The van der Waals surface area contributed by atoms with Crippen LogP contribution in [0.5, 0.6) is 11.5 Å². The van der Waals surface area contributed by atoms with Gasteiger partial charge < -0.3 is 14.8 Å². The van der Waals surface area contributed by atoms with Crippen LogP contribution in [0.4, 0.5) is 5.13 Å². The van der Waals surface area contributed by atoms with Gasteiger partial charge in [-0.3, -0.25) is 9.59 Å². The molecule has 0 unspecified atom stereocenters. The zero-order valence-corrected chi connectivity index (χ0v) is 20.4. The molecule has 0 aliphatic carbocycles. The quantitative estimate of drug-likeness (QED) is 0.259. The Bertz CT molecular complexity index is 1280. The smallest absolute Gasteiger partial charge is 0.226 e. The van der Waals surface area contributed by atoms with E-state index in [9.17, 15) is 9.59 Å². The Labute approximate surface area is 208 Å². The number of Topliss-reactive ketones (excluding diaryl/α,β-unsaturated/α-hetero) is 1. The van der Waals surface area contributed by atoms with Gasteiger partial charge in [0.15, 0.2) is 10.9 Å². The van der Waals surface area contributed by atoms with Crippen molar-refractivity contribution in [3.8, 4) is 33.2 Å². The summed E-state index contributed by atoms with van der Waals surface area (Å²) in [6.45, 7) is 2.47. The molecule has 0 spiro atoms. The van der Waals surface area contributed by atoms with Crippen LogP contribution in [0, 0.1) is 0 Å². The molecule has 1 aromatic heterocycles. The molecule has 7 heteroatoms. The molecule has 1 heterocycles. The molecule has 35 heavy (non-hydrogen) atoms. The lowest BCUT2D eigenvalue weighted by Crippen LogP contribution is -2.13. The third-order valence-electron chi connectivity index (χ3n) is 5.34. The number of ketones is 1. The van der Waals surface area contributed by atoms with E-state index in [1.165, 1.54) is 11.3 Å². The molecule has 0 bridgehead atoms. The molecule has 0 atom stereocenters. The van der Waals surface area contributed by atoms with Gasteiger partial charge in [-0.1, -0.05) is 41.7 Å². The van der Waals surface area contributed by atoms with Crippen LogP contribution in [0.2, 0.25) is 0 Å². The van der Waals surface area contributed by atoms with E-state index in [2.05, 4.69) is 5.32 Å². The summed E-state index contributed by atoms with van der Waals surface area (Å²) in [4.78, 5) is 30.8. The van der Waals surface area contributed by atoms with Gasteiger partial charge in [0.2, 0.25) is 5.91 Å². The predicted octanol–water partition coefficient (Wildman–Crippen LogP) is 6.49.